The lowest BCUT2D eigenvalue weighted by Gasteiger charge is -2.11. The summed E-state index contributed by atoms with van der Waals surface area (Å²) < 4.78 is 26.8. The van der Waals surface area contributed by atoms with Crippen molar-refractivity contribution in [3.8, 4) is 0 Å². The zero-order valence-electron chi connectivity index (χ0n) is 14.4. The second-order valence-electron chi connectivity index (χ2n) is 6.08. The molecule has 3 aromatic carbocycles. The van der Waals surface area contributed by atoms with Gasteiger partial charge < -0.3 is 10.4 Å². The molecule has 138 valence electrons. The number of aliphatic hydroxyl groups excluding tert-OH is 1. The number of carbonyl (C=O) groups excluding carboxylic acids is 1. The first kappa shape index (κ1) is 19.0. The van der Waals surface area contributed by atoms with Crippen molar-refractivity contribution in [3.05, 3.63) is 93.5 Å². The van der Waals surface area contributed by atoms with Crippen molar-refractivity contribution in [2.45, 2.75) is 13.5 Å². The van der Waals surface area contributed by atoms with Crippen LogP contribution in [0.5, 0.6) is 0 Å². The molecule has 0 saturated carbocycles. The van der Waals surface area contributed by atoms with Crippen molar-refractivity contribution in [1.29, 1.82) is 0 Å². The molecule has 0 saturated heterocycles. The maximum atomic E-state index is 13.8. The van der Waals surface area contributed by atoms with Crippen LogP contribution in [-0.2, 0) is 6.61 Å². The largest absolute Gasteiger partial charge is 0.392 e. The van der Waals surface area contributed by atoms with Gasteiger partial charge in [0.25, 0.3) is 0 Å². The second-order valence-corrected chi connectivity index (χ2v) is 6.49. The minimum absolute atomic E-state index is 0.0954. The van der Waals surface area contributed by atoms with Crippen LogP contribution < -0.4 is 5.32 Å². The van der Waals surface area contributed by atoms with Crippen LogP contribution in [0.15, 0.2) is 54.6 Å². The van der Waals surface area contributed by atoms with E-state index < -0.39 is 11.6 Å². The predicted molar refractivity (Wildman–Crippen MR) is 102 cm³/mol. The highest BCUT2D eigenvalue weighted by Crippen LogP contribution is 2.28. The van der Waals surface area contributed by atoms with E-state index >= 15 is 0 Å². The van der Waals surface area contributed by atoms with Crippen LogP contribution in [0.1, 0.15) is 27.0 Å². The van der Waals surface area contributed by atoms with E-state index in [1.165, 1.54) is 12.1 Å². The van der Waals surface area contributed by atoms with Gasteiger partial charge in [-0.15, -0.1) is 0 Å². The van der Waals surface area contributed by atoms with Gasteiger partial charge in [-0.05, 0) is 54.4 Å². The normalized spacial score (nSPS) is 10.7. The Labute approximate surface area is 160 Å². The molecule has 0 spiro atoms. The highest BCUT2D eigenvalue weighted by molar-refractivity contribution is 6.35. The van der Waals surface area contributed by atoms with Gasteiger partial charge in [-0.25, -0.2) is 8.78 Å². The smallest absolute Gasteiger partial charge is 0.194 e. The molecular formula is C21H16ClF2NO2. The van der Waals surface area contributed by atoms with E-state index in [1.54, 1.807) is 37.3 Å². The van der Waals surface area contributed by atoms with Crippen molar-refractivity contribution < 1.29 is 18.7 Å². The number of nitrogens with one attached hydrogen (secondary N) is 1. The van der Waals surface area contributed by atoms with Crippen LogP contribution in [0, 0.1) is 18.6 Å². The van der Waals surface area contributed by atoms with E-state index in [1.807, 2.05) is 0 Å². The lowest BCUT2D eigenvalue weighted by atomic mass is 9.97. The van der Waals surface area contributed by atoms with Gasteiger partial charge in [-0.2, -0.15) is 0 Å². The van der Waals surface area contributed by atoms with Gasteiger partial charge in [0.05, 0.1) is 17.3 Å². The van der Waals surface area contributed by atoms with Crippen molar-refractivity contribution in [3.63, 3.8) is 0 Å². The van der Waals surface area contributed by atoms with Gasteiger partial charge in [0.15, 0.2) is 5.78 Å². The van der Waals surface area contributed by atoms with Gasteiger partial charge in [0, 0.05) is 22.9 Å². The number of benzene rings is 3. The fourth-order valence-corrected chi connectivity index (χ4v) is 2.95. The number of rotatable bonds is 5. The topological polar surface area (TPSA) is 49.3 Å². The van der Waals surface area contributed by atoms with Crippen LogP contribution in [0.4, 0.5) is 20.2 Å². The number of hydrogen-bond acceptors (Lipinski definition) is 3. The van der Waals surface area contributed by atoms with Gasteiger partial charge in [0.2, 0.25) is 0 Å². The Bertz CT molecular complexity index is 1020. The molecule has 3 nitrogen and oxygen atoms in total. The molecule has 0 atom stereocenters. The lowest BCUT2D eigenvalue weighted by Crippen LogP contribution is -2.06. The zero-order chi connectivity index (χ0) is 19.6. The third-order valence-electron chi connectivity index (χ3n) is 4.15. The van der Waals surface area contributed by atoms with E-state index in [0.717, 1.165) is 17.7 Å². The van der Waals surface area contributed by atoms with Crippen LogP contribution in [0.2, 0.25) is 5.02 Å². The summed E-state index contributed by atoms with van der Waals surface area (Å²) >= 11 is 6.27. The first-order chi connectivity index (χ1) is 12.9. The molecule has 0 bridgehead atoms. The van der Waals surface area contributed by atoms with Gasteiger partial charge in [-0.1, -0.05) is 23.7 Å². The Morgan fingerprint density at radius 3 is 2.48 bits per heavy atom. The molecule has 0 aliphatic heterocycles. The monoisotopic (exact) mass is 387 g/mol. The standard InChI is InChI=1S/C21H16ClF2NO2/c1-12-2-3-13(11-26)8-17(12)21(27)16-6-5-15(10-18(16)22)25-20-7-4-14(23)9-19(20)24/h2-10,25-26H,11H2,1H3. The molecule has 0 radical (unpaired) electrons. The summed E-state index contributed by atoms with van der Waals surface area (Å²) in [6.45, 7) is 1.63. The average Bonchev–Trinajstić information content (AvgIpc) is 2.64. The number of carbonyl (C=O) groups is 1. The summed E-state index contributed by atoms with van der Waals surface area (Å²) in [5.41, 5.74) is 2.70. The molecule has 27 heavy (non-hydrogen) atoms. The Kier molecular flexibility index (Phi) is 5.54. The summed E-state index contributed by atoms with van der Waals surface area (Å²) in [5.74, 6) is -1.67. The minimum atomic E-state index is -0.734. The molecule has 0 aromatic heterocycles. The lowest BCUT2D eigenvalue weighted by molar-refractivity contribution is 0.103. The predicted octanol–water partition coefficient (Wildman–Crippen LogP) is 5.39. The van der Waals surface area contributed by atoms with E-state index in [-0.39, 0.29) is 23.1 Å². The fourth-order valence-electron chi connectivity index (χ4n) is 2.68. The number of aliphatic hydroxyl groups is 1. The maximum absolute atomic E-state index is 13.8. The third kappa shape index (κ3) is 4.15. The Balaban J connectivity index is 1.89. The van der Waals surface area contributed by atoms with Crippen LogP contribution in [0.3, 0.4) is 0 Å². The molecular weight excluding hydrogens is 372 g/mol. The van der Waals surface area contributed by atoms with Crippen molar-refractivity contribution in [2.24, 2.45) is 0 Å². The molecule has 0 aliphatic rings. The average molecular weight is 388 g/mol. The summed E-state index contributed by atoms with van der Waals surface area (Å²) in [4.78, 5) is 12.8. The van der Waals surface area contributed by atoms with Crippen LogP contribution >= 0.6 is 11.6 Å². The molecule has 0 amide bonds. The summed E-state index contributed by atoms with van der Waals surface area (Å²) in [6.07, 6.45) is 0. The number of halogens is 3. The number of anilines is 2. The Morgan fingerprint density at radius 2 is 1.81 bits per heavy atom. The fraction of sp³-hybridized carbons (Fsp3) is 0.0952. The number of ketones is 1. The minimum Gasteiger partial charge on any atom is -0.392 e. The molecule has 0 fully saturated rings. The number of hydrogen-bond donors (Lipinski definition) is 2. The van der Waals surface area contributed by atoms with Crippen molar-refractivity contribution in [2.75, 3.05) is 5.32 Å². The van der Waals surface area contributed by atoms with Crippen molar-refractivity contribution in [1.82, 2.24) is 0 Å². The van der Waals surface area contributed by atoms with Crippen molar-refractivity contribution >= 4 is 28.8 Å². The molecule has 6 heteroatoms. The molecule has 3 rings (SSSR count). The Morgan fingerprint density at radius 1 is 1.04 bits per heavy atom. The van der Waals surface area contributed by atoms with E-state index in [0.29, 0.717) is 22.4 Å². The zero-order valence-corrected chi connectivity index (χ0v) is 15.1. The van der Waals surface area contributed by atoms with E-state index in [2.05, 4.69) is 5.32 Å². The highest BCUT2D eigenvalue weighted by atomic mass is 35.5. The van der Waals surface area contributed by atoms with Crippen LogP contribution in [-0.4, -0.2) is 10.9 Å². The van der Waals surface area contributed by atoms with Gasteiger partial charge in [-0.3, -0.25) is 4.79 Å². The molecule has 0 aliphatic carbocycles. The molecule has 2 N–H and O–H groups in total. The second kappa shape index (κ2) is 7.86. The molecule has 0 unspecified atom stereocenters. The van der Waals surface area contributed by atoms with Gasteiger partial charge in [0.1, 0.15) is 11.6 Å². The molecule has 3 aromatic rings. The quantitative estimate of drug-likeness (QED) is 0.577. The first-order valence-electron chi connectivity index (χ1n) is 8.15. The van der Waals surface area contributed by atoms with E-state index in [9.17, 15) is 18.7 Å². The number of aryl methyl sites for hydroxylation is 1. The third-order valence-corrected chi connectivity index (χ3v) is 4.47. The summed E-state index contributed by atoms with van der Waals surface area (Å²) in [6, 6.07) is 13.0. The summed E-state index contributed by atoms with van der Waals surface area (Å²) in [7, 11) is 0. The first-order valence-corrected chi connectivity index (χ1v) is 8.53. The highest BCUT2D eigenvalue weighted by Gasteiger charge is 2.16. The maximum Gasteiger partial charge on any atom is 0.194 e. The summed E-state index contributed by atoms with van der Waals surface area (Å²) in [5, 5.41) is 12.3. The Hall–Kier alpha value is -2.76. The SMILES string of the molecule is Cc1ccc(CO)cc1C(=O)c1ccc(Nc2ccc(F)cc2F)cc1Cl. The van der Waals surface area contributed by atoms with E-state index in [4.69, 9.17) is 11.6 Å². The van der Waals surface area contributed by atoms with Gasteiger partial charge >= 0.3 is 0 Å². The van der Waals surface area contributed by atoms with Crippen LogP contribution in [0.25, 0.3) is 0 Å². The molecule has 0 heterocycles.